The second-order valence-corrected chi connectivity index (χ2v) is 5.46. The highest BCUT2D eigenvalue weighted by Crippen LogP contribution is 2.42. The maximum Gasteiger partial charge on any atom is 0.151 e. The minimum absolute atomic E-state index is 0.101. The summed E-state index contributed by atoms with van der Waals surface area (Å²) in [6, 6.07) is 7.29. The van der Waals surface area contributed by atoms with Crippen LogP contribution in [0.25, 0.3) is 0 Å². The van der Waals surface area contributed by atoms with Crippen LogP contribution in [0, 0.1) is 11.8 Å². The Labute approximate surface area is 124 Å². The first kappa shape index (κ1) is 15.4. The number of para-hydroxylation sites is 1. The van der Waals surface area contributed by atoms with Crippen LogP contribution in [-0.4, -0.2) is 24.5 Å². The molecule has 112 valence electrons. The molecule has 21 heavy (non-hydrogen) atoms. The number of hydrogen-bond acceptors (Lipinski definition) is 4. The molecular weight excluding hydrogens is 268 g/mol. The van der Waals surface area contributed by atoms with Crippen molar-refractivity contribution in [2.45, 2.75) is 32.6 Å². The summed E-state index contributed by atoms with van der Waals surface area (Å²) in [6.45, 7) is 3.54. The Bertz CT molecular complexity index is 576. The van der Waals surface area contributed by atoms with Crippen molar-refractivity contribution in [2.75, 3.05) is 7.11 Å². The van der Waals surface area contributed by atoms with E-state index in [2.05, 4.69) is 0 Å². The van der Waals surface area contributed by atoms with Gasteiger partial charge >= 0.3 is 0 Å². The Morgan fingerprint density at radius 2 is 1.90 bits per heavy atom. The Morgan fingerprint density at radius 1 is 1.24 bits per heavy atom. The molecule has 2 rings (SSSR count). The Kier molecular flexibility index (Phi) is 4.56. The number of carbonyl (C=O) groups is 3. The monoisotopic (exact) mass is 288 g/mol. The fraction of sp³-hybridized carbons (Fsp3) is 0.471. The van der Waals surface area contributed by atoms with Crippen LogP contribution in [0.5, 0.6) is 5.75 Å². The topological polar surface area (TPSA) is 60.4 Å². The van der Waals surface area contributed by atoms with Crippen LogP contribution in [0.15, 0.2) is 24.3 Å². The molecule has 0 aromatic heterocycles. The van der Waals surface area contributed by atoms with Crippen LogP contribution in [0.2, 0.25) is 0 Å². The van der Waals surface area contributed by atoms with E-state index in [0.717, 1.165) is 5.56 Å². The van der Waals surface area contributed by atoms with Gasteiger partial charge in [-0.2, -0.15) is 0 Å². The molecule has 0 aliphatic heterocycles. The molecule has 1 aliphatic rings. The SMILES string of the molecule is CCC(=O)[C@@H]1C(=O)CC(=O)[C@@H](C)[C@H]1c1ccccc1OC. The number of benzene rings is 1. The number of rotatable bonds is 4. The fourth-order valence-corrected chi connectivity index (χ4v) is 3.12. The van der Waals surface area contributed by atoms with Gasteiger partial charge in [0.05, 0.1) is 19.4 Å². The van der Waals surface area contributed by atoms with Crippen molar-refractivity contribution in [3.63, 3.8) is 0 Å². The van der Waals surface area contributed by atoms with Gasteiger partial charge in [0.2, 0.25) is 0 Å². The highest BCUT2D eigenvalue weighted by Gasteiger charge is 2.45. The van der Waals surface area contributed by atoms with Crippen molar-refractivity contribution >= 4 is 17.3 Å². The van der Waals surface area contributed by atoms with Gasteiger partial charge in [0.25, 0.3) is 0 Å². The molecule has 1 aromatic carbocycles. The summed E-state index contributed by atoms with van der Waals surface area (Å²) in [5, 5.41) is 0. The second-order valence-electron chi connectivity index (χ2n) is 5.46. The maximum atomic E-state index is 12.3. The fourth-order valence-electron chi connectivity index (χ4n) is 3.12. The standard InChI is InChI=1S/C17H20O4/c1-4-12(18)17-14(20)9-13(19)10(2)16(17)11-7-5-6-8-15(11)21-3/h5-8,10,16-17H,4,9H2,1-3H3/t10-,16+,17-/m1/s1. The average Bonchev–Trinajstić information content (AvgIpc) is 2.49. The summed E-state index contributed by atoms with van der Waals surface area (Å²) in [7, 11) is 1.55. The minimum Gasteiger partial charge on any atom is -0.496 e. The lowest BCUT2D eigenvalue weighted by Gasteiger charge is -2.34. The largest absolute Gasteiger partial charge is 0.496 e. The van der Waals surface area contributed by atoms with E-state index in [-0.39, 0.29) is 29.7 Å². The van der Waals surface area contributed by atoms with E-state index in [1.54, 1.807) is 27.0 Å². The number of ketones is 3. The Balaban J connectivity index is 2.55. The first-order valence-electron chi connectivity index (χ1n) is 7.22. The molecule has 0 spiro atoms. The maximum absolute atomic E-state index is 12.3. The van der Waals surface area contributed by atoms with Gasteiger partial charge < -0.3 is 4.74 Å². The van der Waals surface area contributed by atoms with E-state index in [9.17, 15) is 14.4 Å². The molecule has 0 heterocycles. The van der Waals surface area contributed by atoms with E-state index < -0.39 is 11.8 Å². The van der Waals surface area contributed by atoms with E-state index in [4.69, 9.17) is 4.74 Å². The molecule has 1 aromatic rings. The molecule has 0 unspecified atom stereocenters. The molecule has 3 atom stereocenters. The van der Waals surface area contributed by atoms with Crippen molar-refractivity contribution in [3.8, 4) is 5.75 Å². The van der Waals surface area contributed by atoms with Gasteiger partial charge in [-0.05, 0) is 11.6 Å². The molecule has 0 radical (unpaired) electrons. The molecule has 4 heteroatoms. The smallest absolute Gasteiger partial charge is 0.151 e. The predicted molar refractivity (Wildman–Crippen MR) is 78.3 cm³/mol. The third-order valence-electron chi connectivity index (χ3n) is 4.29. The summed E-state index contributed by atoms with van der Waals surface area (Å²) >= 11 is 0. The second kappa shape index (κ2) is 6.20. The predicted octanol–water partition coefficient (Wildman–Crippen LogP) is 2.55. The van der Waals surface area contributed by atoms with Crippen LogP contribution in [0.3, 0.4) is 0 Å². The highest BCUT2D eigenvalue weighted by atomic mass is 16.5. The van der Waals surface area contributed by atoms with E-state index in [1.165, 1.54) is 0 Å². The van der Waals surface area contributed by atoms with Crippen LogP contribution in [0.4, 0.5) is 0 Å². The van der Waals surface area contributed by atoms with Crippen LogP contribution >= 0.6 is 0 Å². The van der Waals surface area contributed by atoms with E-state index >= 15 is 0 Å². The molecular formula is C17H20O4. The molecule has 1 aliphatic carbocycles. The highest BCUT2D eigenvalue weighted by molar-refractivity contribution is 6.13. The third-order valence-corrected chi connectivity index (χ3v) is 4.29. The lowest BCUT2D eigenvalue weighted by atomic mass is 9.66. The van der Waals surface area contributed by atoms with Gasteiger partial charge in [0.1, 0.15) is 17.3 Å². The van der Waals surface area contributed by atoms with Crippen LogP contribution < -0.4 is 4.74 Å². The van der Waals surface area contributed by atoms with Gasteiger partial charge in [-0.3, -0.25) is 14.4 Å². The zero-order valence-corrected chi connectivity index (χ0v) is 12.6. The van der Waals surface area contributed by atoms with Gasteiger partial charge in [-0.15, -0.1) is 0 Å². The molecule has 0 saturated heterocycles. The Morgan fingerprint density at radius 3 is 2.52 bits per heavy atom. The summed E-state index contributed by atoms with van der Waals surface area (Å²) in [6.07, 6.45) is 0.159. The van der Waals surface area contributed by atoms with Crippen molar-refractivity contribution in [2.24, 2.45) is 11.8 Å². The molecule has 0 bridgehead atoms. The summed E-state index contributed by atoms with van der Waals surface area (Å²) in [5.41, 5.74) is 0.765. The van der Waals surface area contributed by atoms with Crippen molar-refractivity contribution in [1.29, 1.82) is 0 Å². The lowest BCUT2D eigenvalue weighted by molar-refractivity contribution is -0.141. The van der Waals surface area contributed by atoms with E-state index in [1.807, 2.05) is 18.2 Å². The van der Waals surface area contributed by atoms with E-state index in [0.29, 0.717) is 12.2 Å². The van der Waals surface area contributed by atoms with Crippen molar-refractivity contribution in [3.05, 3.63) is 29.8 Å². The zero-order chi connectivity index (χ0) is 15.6. The summed E-state index contributed by atoms with van der Waals surface area (Å²) in [4.78, 5) is 36.6. The number of Topliss-reactive ketones (excluding diaryl/α,β-unsaturated/α-hetero) is 3. The third kappa shape index (κ3) is 2.75. The van der Waals surface area contributed by atoms with Crippen LogP contribution in [0.1, 0.15) is 38.2 Å². The quantitative estimate of drug-likeness (QED) is 0.799. The lowest BCUT2D eigenvalue weighted by Crippen LogP contribution is -2.42. The first-order valence-corrected chi connectivity index (χ1v) is 7.22. The first-order chi connectivity index (χ1) is 10.0. The number of hydrogen-bond donors (Lipinski definition) is 0. The van der Waals surface area contributed by atoms with Gasteiger partial charge in [0, 0.05) is 18.3 Å². The number of ether oxygens (including phenoxy) is 1. The number of methoxy groups -OCH3 is 1. The molecule has 1 fully saturated rings. The van der Waals surface area contributed by atoms with Gasteiger partial charge in [0.15, 0.2) is 5.78 Å². The number of carbonyl (C=O) groups excluding carboxylic acids is 3. The van der Waals surface area contributed by atoms with Crippen molar-refractivity contribution in [1.82, 2.24) is 0 Å². The normalized spacial score (nSPS) is 25.8. The summed E-state index contributed by atoms with van der Waals surface area (Å²) < 4.78 is 5.35. The molecule has 1 saturated carbocycles. The molecule has 0 amide bonds. The average molecular weight is 288 g/mol. The minimum atomic E-state index is -0.737. The van der Waals surface area contributed by atoms with Gasteiger partial charge in [-0.25, -0.2) is 0 Å². The van der Waals surface area contributed by atoms with Crippen LogP contribution in [-0.2, 0) is 14.4 Å². The Hall–Kier alpha value is -1.97. The van der Waals surface area contributed by atoms with Crippen molar-refractivity contribution < 1.29 is 19.1 Å². The molecule has 4 nitrogen and oxygen atoms in total. The van der Waals surface area contributed by atoms with Gasteiger partial charge in [-0.1, -0.05) is 32.0 Å². The zero-order valence-electron chi connectivity index (χ0n) is 12.6. The molecule has 0 N–H and O–H groups in total. The summed E-state index contributed by atoms with van der Waals surface area (Å²) in [5.74, 6) is -1.38.